The molecule has 6 heteroatoms. The smallest absolute Gasteiger partial charge is 0.338 e. The van der Waals surface area contributed by atoms with E-state index in [9.17, 15) is 9.59 Å². The van der Waals surface area contributed by atoms with Gasteiger partial charge in [-0.2, -0.15) is 0 Å². The fraction of sp³-hybridized carbons (Fsp3) is 0.538. The predicted molar refractivity (Wildman–Crippen MR) is 69.9 cm³/mol. The molecule has 0 atom stereocenters. The molecule has 106 valence electrons. The van der Waals surface area contributed by atoms with Crippen molar-refractivity contribution in [3.05, 3.63) is 23.7 Å². The first-order valence-electron chi connectivity index (χ1n) is 6.10. The molecule has 1 rings (SSSR count). The molecule has 0 unspecified atom stereocenters. The molecule has 0 aliphatic rings. The van der Waals surface area contributed by atoms with Gasteiger partial charge in [0.2, 0.25) is 5.91 Å². The Bertz CT molecular complexity index is 446. The molecular weight excluding hydrogens is 248 g/mol. The van der Waals surface area contributed by atoms with E-state index in [4.69, 9.17) is 9.52 Å². The van der Waals surface area contributed by atoms with E-state index < -0.39 is 5.97 Å². The summed E-state index contributed by atoms with van der Waals surface area (Å²) >= 11 is 0. The van der Waals surface area contributed by atoms with Crippen molar-refractivity contribution in [1.82, 2.24) is 10.6 Å². The second kappa shape index (κ2) is 6.38. The molecule has 19 heavy (non-hydrogen) atoms. The van der Waals surface area contributed by atoms with Gasteiger partial charge in [0.1, 0.15) is 12.0 Å². The summed E-state index contributed by atoms with van der Waals surface area (Å²) in [5, 5.41) is 14.6. The average Bonchev–Trinajstić information content (AvgIpc) is 2.70. The minimum atomic E-state index is -1.01. The summed E-state index contributed by atoms with van der Waals surface area (Å²) in [4.78, 5) is 22.1. The summed E-state index contributed by atoms with van der Waals surface area (Å²) in [5.41, 5.74) is -0.101. The van der Waals surface area contributed by atoms with Crippen LogP contribution in [0, 0.1) is 0 Å². The van der Waals surface area contributed by atoms with Gasteiger partial charge in [-0.25, -0.2) is 4.79 Å². The van der Waals surface area contributed by atoms with Gasteiger partial charge >= 0.3 is 5.97 Å². The Balaban J connectivity index is 2.23. The first kappa shape index (κ1) is 15.2. The molecule has 0 saturated carbocycles. The maximum absolute atomic E-state index is 11.5. The van der Waals surface area contributed by atoms with E-state index in [0.717, 1.165) is 0 Å². The van der Waals surface area contributed by atoms with Crippen LogP contribution in [0.5, 0.6) is 0 Å². The first-order valence-corrected chi connectivity index (χ1v) is 6.10. The fourth-order valence-corrected chi connectivity index (χ4v) is 1.48. The van der Waals surface area contributed by atoms with Crippen LogP contribution in [0.4, 0.5) is 0 Å². The Morgan fingerprint density at radius 3 is 2.58 bits per heavy atom. The van der Waals surface area contributed by atoms with E-state index in [1.807, 2.05) is 20.8 Å². The molecule has 3 N–H and O–H groups in total. The molecule has 1 aromatic heterocycles. The number of rotatable bonds is 6. The van der Waals surface area contributed by atoms with Gasteiger partial charge in [0, 0.05) is 18.5 Å². The third-order valence-corrected chi connectivity index (χ3v) is 2.24. The molecule has 0 radical (unpaired) electrons. The number of furan rings is 1. The Morgan fingerprint density at radius 2 is 2.05 bits per heavy atom. The van der Waals surface area contributed by atoms with Gasteiger partial charge in [-0.1, -0.05) is 0 Å². The second-order valence-corrected chi connectivity index (χ2v) is 5.33. The zero-order valence-corrected chi connectivity index (χ0v) is 11.4. The standard InChI is InChI=1S/C13H20N2O4/c1-13(2,3)15-11(16)4-5-14-7-10-6-9(8-19-10)12(17)18/h6,8,14H,4-5,7H2,1-3H3,(H,15,16)(H,17,18). The summed E-state index contributed by atoms with van der Waals surface area (Å²) < 4.78 is 5.07. The summed E-state index contributed by atoms with van der Waals surface area (Å²) in [6, 6.07) is 1.46. The van der Waals surface area contributed by atoms with Crippen LogP contribution < -0.4 is 10.6 Å². The zero-order valence-electron chi connectivity index (χ0n) is 11.4. The van der Waals surface area contributed by atoms with E-state index >= 15 is 0 Å². The van der Waals surface area contributed by atoms with Crippen LogP contribution in [0.1, 0.15) is 43.3 Å². The summed E-state index contributed by atoms with van der Waals surface area (Å²) in [6.45, 7) is 6.68. The zero-order chi connectivity index (χ0) is 14.5. The SMILES string of the molecule is CC(C)(C)NC(=O)CCNCc1cc(C(=O)O)co1. The van der Waals surface area contributed by atoms with Crippen molar-refractivity contribution in [2.75, 3.05) is 6.54 Å². The molecule has 1 heterocycles. The van der Waals surface area contributed by atoms with Crippen LogP contribution >= 0.6 is 0 Å². The quantitative estimate of drug-likeness (QED) is 0.678. The Labute approximate surface area is 112 Å². The van der Waals surface area contributed by atoms with E-state index in [-0.39, 0.29) is 17.0 Å². The van der Waals surface area contributed by atoms with E-state index in [2.05, 4.69) is 10.6 Å². The molecule has 6 nitrogen and oxygen atoms in total. The highest BCUT2D eigenvalue weighted by molar-refractivity contribution is 5.87. The number of aromatic carboxylic acids is 1. The van der Waals surface area contributed by atoms with Gasteiger partial charge < -0.3 is 20.2 Å². The minimum Gasteiger partial charge on any atom is -0.478 e. The Morgan fingerprint density at radius 1 is 1.37 bits per heavy atom. The lowest BCUT2D eigenvalue weighted by atomic mass is 10.1. The number of nitrogens with one attached hydrogen (secondary N) is 2. The van der Waals surface area contributed by atoms with Crippen LogP contribution in [0.25, 0.3) is 0 Å². The number of carbonyl (C=O) groups excluding carboxylic acids is 1. The van der Waals surface area contributed by atoms with Gasteiger partial charge in [-0.05, 0) is 26.8 Å². The lowest BCUT2D eigenvalue weighted by Gasteiger charge is -2.20. The molecule has 1 aromatic rings. The number of carbonyl (C=O) groups is 2. The van der Waals surface area contributed by atoms with Crippen molar-refractivity contribution < 1.29 is 19.1 Å². The fourth-order valence-electron chi connectivity index (χ4n) is 1.48. The van der Waals surface area contributed by atoms with Crippen LogP contribution in [0.3, 0.4) is 0 Å². The number of hydrogen-bond acceptors (Lipinski definition) is 4. The van der Waals surface area contributed by atoms with E-state index in [0.29, 0.717) is 25.3 Å². The third kappa shape index (κ3) is 6.05. The number of carboxylic acids is 1. The van der Waals surface area contributed by atoms with Crippen molar-refractivity contribution in [3.63, 3.8) is 0 Å². The van der Waals surface area contributed by atoms with Crippen molar-refractivity contribution in [3.8, 4) is 0 Å². The monoisotopic (exact) mass is 268 g/mol. The summed E-state index contributed by atoms with van der Waals surface area (Å²) in [6.07, 6.45) is 1.56. The number of carboxylic acid groups (broad SMARTS) is 1. The Kier molecular flexibility index (Phi) is 5.11. The maximum Gasteiger partial charge on any atom is 0.338 e. The number of amides is 1. The lowest BCUT2D eigenvalue weighted by molar-refractivity contribution is -0.122. The summed E-state index contributed by atoms with van der Waals surface area (Å²) in [5.74, 6) is -0.501. The molecule has 0 saturated heterocycles. The molecule has 0 bridgehead atoms. The molecule has 0 aliphatic heterocycles. The van der Waals surface area contributed by atoms with E-state index in [1.165, 1.54) is 12.3 Å². The van der Waals surface area contributed by atoms with Crippen LogP contribution in [0.15, 0.2) is 16.7 Å². The highest BCUT2D eigenvalue weighted by Gasteiger charge is 2.13. The van der Waals surface area contributed by atoms with Gasteiger partial charge in [-0.15, -0.1) is 0 Å². The molecule has 0 fully saturated rings. The van der Waals surface area contributed by atoms with Crippen molar-refractivity contribution in [1.29, 1.82) is 0 Å². The maximum atomic E-state index is 11.5. The predicted octanol–water partition coefficient (Wildman–Crippen LogP) is 1.37. The topological polar surface area (TPSA) is 91.6 Å². The van der Waals surface area contributed by atoms with Crippen molar-refractivity contribution >= 4 is 11.9 Å². The highest BCUT2D eigenvalue weighted by atomic mass is 16.4. The molecule has 0 aliphatic carbocycles. The van der Waals surface area contributed by atoms with Gasteiger partial charge in [0.25, 0.3) is 0 Å². The van der Waals surface area contributed by atoms with Gasteiger partial charge in [0.15, 0.2) is 0 Å². The number of hydrogen-bond donors (Lipinski definition) is 3. The van der Waals surface area contributed by atoms with E-state index in [1.54, 1.807) is 0 Å². The molecule has 0 aromatic carbocycles. The van der Waals surface area contributed by atoms with Gasteiger partial charge in [0.05, 0.1) is 12.1 Å². The molecular formula is C13H20N2O4. The van der Waals surface area contributed by atoms with Crippen LogP contribution in [0.2, 0.25) is 0 Å². The largest absolute Gasteiger partial charge is 0.478 e. The van der Waals surface area contributed by atoms with Gasteiger partial charge in [-0.3, -0.25) is 4.79 Å². The van der Waals surface area contributed by atoms with Crippen LogP contribution in [-0.2, 0) is 11.3 Å². The van der Waals surface area contributed by atoms with Crippen molar-refractivity contribution in [2.24, 2.45) is 0 Å². The lowest BCUT2D eigenvalue weighted by Crippen LogP contribution is -2.41. The third-order valence-electron chi connectivity index (χ3n) is 2.24. The normalized spacial score (nSPS) is 11.3. The first-order chi connectivity index (χ1) is 8.78. The summed E-state index contributed by atoms with van der Waals surface area (Å²) in [7, 11) is 0. The highest BCUT2D eigenvalue weighted by Crippen LogP contribution is 2.07. The Hall–Kier alpha value is -1.82. The molecule has 1 amide bonds. The van der Waals surface area contributed by atoms with Crippen molar-refractivity contribution in [2.45, 2.75) is 39.3 Å². The average molecular weight is 268 g/mol. The second-order valence-electron chi connectivity index (χ2n) is 5.33. The molecule has 0 spiro atoms. The van der Waals surface area contributed by atoms with Crippen LogP contribution in [-0.4, -0.2) is 29.1 Å². The minimum absolute atomic E-state index is 0.0225.